The monoisotopic (exact) mass is 324 g/mol. The van der Waals surface area contributed by atoms with Crippen molar-refractivity contribution in [1.29, 1.82) is 0 Å². The van der Waals surface area contributed by atoms with Crippen LogP contribution in [0.2, 0.25) is 1.41 Å². The molecule has 0 spiro atoms. The standard InChI is InChI=1S/C22H30N2/c1-16-10-6-9-15-20(16)24-17(2)21(18-11-4-3-5-12-18)23-22(24)19-13-7-8-14-19/h6,9-10,15,18-19H,3-5,7-8,11-14H2,1-2H3/p+1/i/hD. The first kappa shape index (κ1) is 14.7. The first-order valence-corrected chi connectivity index (χ1v) is 9.91. The third-order valence-corrected chi connectivity index (χ3v) is 6.24. The van der Waals surface area contributed by atoms with Gasteiger partial charge in [0.1, 0.15) is 17.1 Å². The Balaban J connectivity index is 1.90. The first-order chi connectivity index (χ1) is 12.2. The number of H-pyrrole nitrogens is 1. The Labute approximate surface area is 147 Å². The Hall–Kier alpha value is -1.57. The van der Waals surface area contributed by atoms with Crippen molar-refractivity contribution in [2.75, 3.05) is 0 Å². The van der Waals surface area contributed by atoms with Crippen molar-refractivity contribution in [2.24, 2.45) is 0 Å². The van der Waals surface area contributed by atoms with Crippen LogP contribution in [0.15, 0.2) is 24.3 Å². The van der Waals surface area contributed by atoms with Crippen LogP contribution in [0, 0.1) is 13.8 Å². The molecule has 0 atom stereocenters. The summed E-state index contributed by atoms with van der Waals surface area (Å²) in [6.45, 7) is 4.45. The molecule has 2 saturated carbocycles. The summed E-state index contributed by atoms with van der Waals surface area (Å²) in [5, 5.41) is 0. The van der Waals surface area contributed by atoms with Gasteiger partial charge in [0.15, 0.2) is 0 Å². The maximum absolute atomic E-state index is 9.03. The lowest BCUT2D eigenvalue weighted by atomic mass is 9.86. The lowest BCUT2D eigenvalue weighted by Gasteiger charge is -2.18. The fourth-order valence-electron chi connectivity index (χ4n) is 4.88. The topological polar surface area (TPSA) is 19.7 Å². The Bertz CT molecular complexity index is 750. The van der Waals surface area contributed by atoms with Gasteiger partial charge in [0.25, 0.3) is 5.82 Å². The highest BCUT2D eigenvalue weighted by molar-refractivity contribution is 5.34. The third-order valence-electron chi connectivity index (χ3n) is 6.24. The van der Waals surface area contributed by atoms with Crippen molar-refractivity contribution in [3.63, 3.8) is 0 Å². The molecule has 4 rings (SSSR count). The van der Waals surface area contributed by atoms with E-state index in [-0.39, 0.29) is 0 Å². The molecule has 2 heteroatoms. The van der Waals surface area contributed by atoms with Crippen molar-refractivity contribution in [1.82, 2.24) is 4.98 Å². The number of aryl methyl sites for hydroxylation is 1. The largest absolute Gasteiger partial charge is 0.312 e. The van der Waals surface area contributed by atoms with Gasteiger partial charge in [0.05, 0.1) is 5.92 Å². The van der Waals surface area contributed by atoms with Crippen LogP contribution in [0.5, 0.6) is 0 Å². The highest BCUT2D eigenvalue weighted by Crippen LogP contribution is 2.37. The molecule has 2 aliphatic carbocycles. The molecule has 2 aromatic rings. The van der Waals surface area contributed by atoms with Crippen LogP contribution in [0.25, 0.3) is 5.69 Å². The molecule has 0 saturated heterocycles. The molecule has 0 radical (unpaired) electrons. The molecule has 24 heavy (non-hydrogen) atoms. The molecule has 0 unspecified atom stereocenters. The Morgan fingerprint density at radius 2 is 1.54 bits per heavy atom. The Morgan fingerprint density at radius 1 is 0.917 bits per heavy atom. The second-order valence-electron chi connectivity index (χ2n) is 7.88. The van der Waals surface area contributed by atoms with Crippen molar-refractivity contribution in [2.45, 2.75) is 83.5 Å². The number of hydrogen-bond acceptors (Lipinski definition) is 0. The zero-order valence-corrected chi connectivity index (χ0v) is 15.2. The smallest absolute Gasteiger partial charge is 0.244 e. The van der Waals surface area contributed by atoms with E-state index in [1.54, 1.807) is 0 Å². The summed E-state index contributed by atoms with van der Waals surface area (Å²) in [4.78, 5) is 1.85. The molecule has 2 aliphatic rings. The van der Waals surface area contributed by atoms with E-state index in [4.69, 9.17) is 1.41 Å². The highest BCUT2D eigenvalue weighted by Gasteiger charge is 2.34. The van der Waals surface area contributed by atoms with E-state index in [0.717, 1.165) is 0 Å². The molecule has 128 valence electrons. The van der Waals surface area contributed by atoms with Gasteiger partial charge in [0.2, 0.25) is 0 Å². The lowest BCUT2D eigenvalue weighted by molar-refractivity contribution is -0.611. The van der Waals surface area contributed by atoms with Gasteiger partial charge < -0.3 is 0 Å². The van der Waals surface area contributed by atoms with Gasteiger partial charge in [-0.05, 0) is 44.2 Å². The van der Waals surface area contributed by atoms with Crippen LogP contribution in [-0.2, 0) is 0 Å². The van der Waals surface area contributed by atoms with Crippen molar-refractivity contribution < 1.29 is 5.98 Å². The molecule has 1 heterocycles. The van der Waals surface area contributed by atoms with Gasteiger partial charge in [-0.1, -0.05) is 50.3 Å². The Morgan fingerprint density at radius 3 is 2.25 bits per heavy atom. The molecule has 2 fully saturated rings. The van der Waals surface area contributed by atoms with Crippen molar-refractivity contribution in [3.8, 4) is 5.69 Å². The zero-order chi connectivity index (χ0) is 17.4. The molecule has 2 nitrogen and oxygen atoms in total. The van der Waals surface area contributed by atoms with E-state index in [1.165, 1.54) is 86.3 Å². The second kappa shape index (κ2) is 6.74. The summed E-state index contributed by atoms with van der Waals surface area (Å²) in [5.41, 5.74) is 5.16. The van der Waals surface area contributed by atoms with Crippen LogP contribution < -0.4 is 4.57 Å². The van der Waals surface area contributed by atoms with Gasteiger partial charge in [-0.25, -0.2) is 4.98 Å². The maximum atomic E-state index is 9.03. The molecule has 1 aromatic carbocycles. The second-order valence-corrected chi connectivity index (χ2v) is 7.88. The molecular formula is C22H31N2+. The van der Waals surface area contributed by atoms with Gasteiger partial charge in [-0.2, -0.15) is 4.57 Å². The van der Waals surface area contributed by atoms with E-state index in [1.807, 2.05) is 4.98 Å². The van der Waals surface area contributed by atoms with Crippen LogP contribution in [0.1, 0.15) is 92.4 Å². The summed E-state index contributed by atoms with van der Waals surface area (Å²) < 4.78 is 11.5. The first-order valence-electron chi connectivity index (χ1n) is 10.4. The number of para-hydroxylation sites is 1. The maximum Gasteiger partial charge on any atom is 0.312 e. The molecule has 1 N–H and O–H groups in total. The average molecular weight is 325 g/mol. The minimum atomic E-state index is 0.535. The zero-order valence-electron chi connectivity index (χ0n) is 16.2. The third kappa shape index (κ3) is 2.81. The average Bonchev–Trinajstić information content (AvgIpc) is 3.23. The van der Waals surface area contributed by atoms with Crippen LogP contribution in [0.4, 0.5) is 0 Å². The normalized spacial score (nSPS) is 20.5. The summed E-state index contributed by atoms with van der Waals surface area (Å²) in [5.74, 6) is 2.33. The van der Waals surface area contributed by atoms with E-state index < -0.39 is 0 Å². The number of nitrogens with zero attached hydrogens (tertiary/aromatic N) is 1. The number of rotatable bonds is 3. The number of benzene rings is 1. The number of aromatic amines is 1. The minimum Gasteiger partial charge on any atom is -0.244 e. The predicted octanol–water partition coefficient (Wildman–Crippen LogP) is 5.61. The number of hydrogen-bond donors (Lipinski definition) is 1. The summed E-state index contributed by atoms with van der Waals surface area (Å²) in [6, 6.07) is 8.67. The molecule has 0 amide bonds. The Kier molecular flexibility index (Phi) is 4.14. The number of nitrogens with one attached hydrogen (secondary N) is 1. The quantitative estimate of drug-likeness (QED) is 0.708. The van der Waals surface area contributed by atoms with E-state index in [2.05, 4.69) is 42.7 Å². The van der Waals surface area contributed by atoms with E-state index in [9.17, 15) is 0 Å². The van der Waals surface area contributed by atoms with E-state index >= 15 is 0 Å². The molecular weight excluding hydrogens is 292 g/mol. The summed E-state index contributed by atoms with van der Waals surface area (Å²) >= 11 is 0. The molecule has 1 aromatic heterocycles. The van der Waals surface area contributed by atoms with Gasteiger partial charge in [-0.3, -0.25) is 0 Å². The fraction of sp³-hybridized carbons (Fsp3) is 0.591. The minimum absolute atomic E-state index is 0.535. The van der Waals surface area contributed by atoms with E-state index in [0.29, 0.717) is 11.8 Å². The van der Waals surface area contributed by atoms with Crippen LogP contribution >= 0.6 is 0 Å². The summed E-state index contributed by atoms with van der Waals surface area (Å²) in [7, 11) is 0. The van der Waals surface area contributed by atoms with Crippen LogP contribution in [-0.4, -0.2) is 4.98 Å². The lowest BCUT2D eigenvalue weighted by Crippen LogP contribution is -2.38. The summed E-state index contributed by atoms with van der Waals surface area (Å²) in [6.07, 6.45) is 11.6. The van der Waals surface area contributed by atoms with Crippen molar-refractivity contribution in [3.05, 3.63) is 47.0 Å². The fourth-order valence-corrected chi connectivity index (χ4v) is 4.88. The van der Waals surface area contributed by atoms with Gasteiger partial charge >= 0.3 is 1.41 Å². The molecule has 0 aliphatic heterocycles. The van der Waals surface area contributed by atoms with Crippen molar-refractivity contribution >= 4 is 0 Å². The van der Waals surface area contributed by atoms with Gasteiger partial charge in [-0.15, -0.1) is 0 Å². The molecule has 0 bridgehead atoms. The number of aromatic nitrogens is 2. The highest BCUT2D eigenvalue weighted by atomic mass is 15.1. The van der Waals surface area contributed by atoms with Crippen LogP contribution in [0.3, 0.4) is 0 Å². The number of imidazole rings is 1. The predicted molar refractivity (Wildman–Crippen MR) is 98.8 cm³/mol. The van der Waals surface area contributed by atoms with Gasteiger partial charge in [0, 0.05) is 12.8 Å². The SMILES string of the molecule is [2H]n1c(C2CCCCC2)c(C)[n+](-c2ccccc2C)c1C1CCCC1.